The van der Waals surface area contributed by atoms with Crippen LogP contribution in [0.25, 0.3) is 0 Å². The maximum Gasteiger partial charge on any atom is 0.341 e. The van der Waals surface area contributed by atoms with E-state index in [2.05, 4.69) is 4.99 Å². The van der Waals surface area contributed by atoms with E-state index < -0.39 is 5.54 Å². The molecule has 0 amide bonds. The van der Waals surface area contributed by atoms with Crippen molar-refractivity contribution in [2.24, 2.45) is 4.99 Å². The molecule has 0 saturated heterocycles. The highest BCUT2D eigenvalue weighted by atomic mass is 35.5. The Bertz CT molecular complexity index is 756. The van der Waals surface area contributed by atoms with Crippen molar-refractivity contribution in [1.29, 1.82) is 0 Å². The van der Waals surface area contributed by atoms with E-state index >= 15 is 0 Å². The molecule has 3 nitrogen and oxygen atoms in total. The molecule has 4 heteroatoms. The number of ether oxygens (including phenoxy) is 1. The Morgan fingerprint density at radius 3 is 2.57 bits per heavy atom. The van der Waals surface area contributed by atoms with Gasteiger partial charge in [0.05, 0.1) is 0 Å². The van der Waals surface area contributed by atoms with Crippen LogP contribution in [0.1, 0.15) is 23.5 Å². The summed E-state index contributed by atoms with van der Waals surface area (Å²) in [7, 11) is 0. The Morgan fingerprint density at radius 2 is 1.81 bits per heavy atom. The first-order valence-electron chi connectivity index (χ1n) is 6.83. The smallest absolute Gasteiger partial charge is 0.341 e. The maximum atomic E-state index is 12.3. The zero-order valence-electron chi connectivity index (χ0n) is 11.1. The minimum Gasteiger partial charge on any atom is -0.405 e. The van der Waals surface area contributed by atoms with Gasteiger partial charge < -0.3 is 4.74 Å². The van der Waals surface area contributed by atoms with Crippen molar-refractivity contribution in [1.82, 2.24) is 0 Å². The number of carbonyl (C=O) groups is 1. The van der Waals surface area contributed by atoms with Gasteiger partial charge in [0.25, 0.3) is 0 Å². The lowest BCUT2D eigenvalue weighted by molar-refractivity contribution is -0.136. The molecular formula is C17H12ClNO2. The van der Waals surface area contributed by atoms with Crippen LogP contribution >= 0.6 is 11.6 Å². The Kier molecular flexibility index (Phi) is 2.66. The van der Waals surface area contributed by atoms with Crippen LogP contribution < -0.4 is 0 Å². The van der Waals surface area contributed by atoms with E-state index in [9.17, 15) is 4.79 Å². The largest absolute Gasteiger partial charge is 0.405 e. The monoisotopic (exact) mass is 297 g/mol. The third-order valence-electron chi connectivity index (χ3n) is 4.08. The highest BCUT2D eigenvalue weighted by molar-refractivity contribution is 6.31. The fourth-order valence-corrected chi connectivity index (χ4v) is 3.12. The van der Waals surface area contributed by atoms with Gasteiger partial charge in [-0.05, 0) is 30.2 Å². The summed E-state index contributed by atoms with van der Waals surface area (Å²) in [5, 5.41) is 0.676. The molecule has 1 heterocycles. The first-order valence-corrected chi connectivity index (χ1v) is 7.20. The molecule has 104 valence electrons. The topological polar surface area (TPSA) is 38.7 Å². The van der Waals surface area contributed by atoms with E-state index in [0.29, 0.717) is 17.3 Å². The highest BCUT2D eigenvalue weighted by Crippen LogP contribution is 2.58. The molecule has 1 saturated carbocycles. The van der Waals surface area contributed by atoms with Gasteiger partial charge in [-0.3, -0.25) is 0 Å². The van der Waals surface area contributed by atoms with Crippen LogP contribution in [0.4, 0.5) is 0 Å². The molecule has 0 bridgehead atoms. The standard InChI is InChI=1S/C17H12ClNO2/c18-14-9-5-4-8-12(14)13-10-17(13)16(20)21-15(19-17)11-6-2-1-3-7-11/h1-9,13H,10H2/t13-,17+/m1/s1. The van der Waals surface area contributed by atoms with E-state index in [1.54, 1.807) is 0 Å². The maximum absolute atomic E-state index is 12.3. The second-order valence-electron chi connectivity index (χ2n) is 5.37. The van der Waals surface area contributed by atoms with Gasteiger partial charge in [-0.25, -0.2) is 9.79 Å². The molecule has 4 rings (SSSR count). The molecule has 1 aliphatic heterocycles. The number of halogens is 1. The first kappa shape index (κ1) is 12.6. The zero-order valence-corrected chi connectivity index (χ0v) is 11.9. The molecule has 2 aliphatic rings. The number of nitrogens with zero attached hydrogens (tertiary/aromatic N) is 1. The molecule has 1 aliphatic carbocycles. The Hall–Kier alpha value is -2.13. The fourth-order valence-electron chi connectivity index (χ4n) is 2.86. The second kappa shape index (κ2) is 4.43. The lowest BCUT2D eigenvalue weighted by Gasteiger charge is -2.04. The Balaban J connectivity index is 1.70. The van der Waals surface area contributed by atoms with Gasteiger partial charge in [0.1, 0.15) is 0 Å². The van der Waals surface area contributed by atoms with Crippen molar-refractivity contribution in [2.45, 2.75) is 17.9 Å². The van der Waals surface area contributed by atoms with E-state index in [4.69, 9.17) is 16.3 Å². The van der Waals surface area contributed by atoms with Gasteiger partial charge in [-0.1, -0.05) is 48.0 Å². The number of rotatable bonds is 2. The van der Waals surface area contributed by atoms with E-state index in [0.717, 1.165) is 11.1 Å². The Morgan fingerprint density at radius 1 is 1.10 bits per heavy atom. The predicted octanol–water partition coefficient (Wildman–Crippen LogP) is 3.57. The second-order valence-corrected chi connectivity index (χ2v) is 5.78. The van der Waals surface area contributed by atoms with Crippen molar-refractivity contribution in [3.05, 3.63) is 70.7 Å². The summed E-state index contributed by atoms with van der Waals surface area (Å²) in [6, 6.07) is 17.1. The van der Waals surface area contributed by atoms with E-state index in [1.807, 2.05) is 54.6 Å². The SMILES string of the molecule is O=C1OC(c2ccccc2)=N[C@]12C[C@@H]2c1ccccc1Cl. The van der Waals surface area contributed by atoms with Crippen molar-refractivity contribution in [3.63, 3.8) is 0 Å². The van der Waals surface area contributed by atoms with Crippen LogP contribution in [0.2, 0.25) is 5.02 Å². The molecule has 0 unspecified atom stereocenters. The number of carbonyl (C=O) groups excluding carboxylic acids is 1. The van der Waals surface area contributed by atoms with Gasteiger partial charge in [-0.2, -0.15) is 0 Å². The van der Waals surface area contributed by atoms with Gasteiger partial charge in [0.15, 0.2) is 5.54 Å². The number of aliphatic imine (C=N–C) groups is 1. The van der Waals surface area contributed by atoms with Crippen LogP contribution in [-0.4, -0.2) is 17.4 Å². The number of hydrogen-bond donors (Lipinski definition) is 0. The summed E-state index contributed by atoms with van der Waals surface area (Å²) in [6.45, 7) is 0. The van der Waals surface area contributed by atoms with Crippen LogP contribution in [-0.2, 0) is 9.53 Å². The minimum atomic E-state index is -0.768. The van der Waals surface area contributed by atoms with E-state index in [-0.39, 0.29) is 11.9 Å². The molecule has 21 heavy (non-hydrogen) atoms. The van der Waals surface area contributed by atoms with Crippen molar-refractivity contribution < 1.29 is 9.53 Å². The number of benzene rings is 2. The molecule has 2 aromatic rings. The molecule has 1 spiro atoms. The van der Waals surface area contributed by atoms with Gasteiger partial charge in [0.2, 0.25) is 5.90 Å². The summed E-state index contributed by atoms with van der Waals surface area (Å²) >= 11 is 6.22. The third-order valence-corrected chi connectivity index (χ3v) is 4.42. The molecule has 0 radical (unpaired) electrons. The number of cyclic esters (lactones) is 1. The van der Waals surface area contributed by atoms with Crippen LogP contribution in [0, 0.1) is 0 Å². The van der Waals surface area contributed by atoms with Crippen LogP contribution in [0.3, 0.4) is 0 Å². The highest BCUT2D eigenvalue weighted by Gasteiger charge is 2.66. The molecule has 2 atom stereocenters. The Labute approximate surface area is 127 Å². The molecular weight excluding hydrogens is 286 g/mol. The van der Waals surface area contributed by atoms with Gasteiger partial charge >= 0.3 is 5.97 Å². The number of esters is 1. The predicted molar refractivity (Wildman–Crippen MR) is 80.6 cm³/mol. The third kappa shape index (κ3) is 1.88. The molecule has 0 aromatic heterocycles. The van der Waals surface area contributed by atoms with Crippen molar-refractivity contribution in [3.8, 4) is 0 Å². The average Bonchev–Trinajstić information content (AvgIpc) is 3.13. The van der Waals surface area contributed by atoms with Crippen molar-refractivity contribution >= 4 is 23.5 Å². The molecule has 1 fully saturated rings. The summed E-state index contributed by atoms with van der Waals surface area (Å²) in [6.07, 6.45) is 0.659. The first-order chi connectivity index (χ1) is 10.2. The minimum absolute atomic E-state index is 0.0138. The molecule has 0 N–H and O–H groups in total. The van der Waals surface area contributed by atoms with Crippen LogP contribution in [0.15, 0.2) is 59.6 Å². The van der Waals surface area contributed by atoms with Crippen LogP contribution in [0.5, 0.6) is 0 Å². The summed E-state index contributed by atoms with van der Waals surface area (Å²) < 4.78 is 5.38. The summed E-state index contributed by atoms with van der Waals surface area (Å²) in [4.78, 5) is 16.8. The lowest BCUT2D eigenvalue weighted by Crippen LogP contribution is -2.18. The van der Waals surface area contributed by atoms with Gasteiger partial charge in [-0.15, -0.1) is 0 Å². The fraction of sp³-hybridized carbons (Fsp3) is 0.176. The summed E-state index contributed by atoms with van der Waals surface area (Å²) in [5.74, 6) is 0.154. The van der Waals surface area contributed by atoms with E-state index in [1.165, 1.54) is 0 Å². The normalized spacial score (nSPS) is 26.6. The average molecular weight is 298 g/mol. The van der Waals surface area contributed by atoms with Crippen molar-refractivity contribution in [2.75, 3.05) is 0 Å². The lowest BCUT2D eigenvalue weighted by atomic mass is 10.1. The summed E-state index contributed by atoms with van der Waals surface area (Å²) in [5.41, 5.74) is 1.03. The van der Waals surface area contributed by atoms with Gasteiger partial charge in [0, 0.05) is 16.5 Å². The zero-order chi connectivity index (χ0) is 14.4. The number of hydrogen-bond acceptors (Lipinski definition) is 3. The molecule has 2 aromatic carbocycles. The quantitative estimate of drug-likeness (QED) is 0.795.